The topological polar surface area (TPSA) is 201 Å². The van der Waals surface area contributed by atoms with Crippen LogP contribution < -0.4 is 16.4 Å². The molecule has 1 rings (SSSR count). The highest BCUT2D eigenvalue weighted by Crippen LogP contribution is 2.37. The Morgan fingerprint density at radius 3 is 1.67 bits per heavy atom. The first-order valence-corrected chi connectivity index (χ1v) is 25.7. The maximum Gasteiger partial charge on any atom is 0.408 e. The molecule has 0 aromatic rings. The summed E-state index contributed by atoms with van der Waals surface area (Å²) < 4.78 is 11.4. The van der Waals surface area contributed by atoms with Crippen LogP contribution in [0, 0.1) is 11.8 Å². The molecule has 6 atom stereocenters. The van der Waals surface area contributed by atoms with E-state index < -0.39 is 72.7 Å². The van der Waals surface area contributed by atoms with Gasteiger partial charge in [0.1, 0.15) is 30.3 Å². The molecule has 0 spiro atoms. The highest BCUT2D eigenvalue weighted by Gasteiger charge is 2.59. The second-order valence-corrected chi connectivity index (χ2v) is 19.8. The van der Waals surface area contributed by atoms with Crippen LogP contribution in [0.3, 0.4) is 0 Å². The smallest absolute Gasteiger partial charge is 0.408 e. The lowest BCUT2D eigenvalue weighted by atomic mass is 9.79. The molecule has 0 unspecified atom stereocenters. The van der Waals surface area contributed by atoms with Crippen LogP contribution in [0.4, 0.5) is 4.79 Å². The molecule has 374 valence electrons. The van der Waals surface area contributed by atoms with Crippen molar-refractivity contribution in [2.45, 2.75) is 258 Å². The highest BCUT2D eigenvalue weighted by molar-refractivity contribution is 5.93. The number of nitrogens with zero attached hydrogens (tertiary/aromatic N) is 1. The number of rotatable bonds is 37. The molecule has 13 heteroatoms. The average Bonchev–Trinajstić information content (AvgIpc) is 3.23. The van der Waals surface area contributed by atoms with Crippen molar-refractivity contribution >= 4 is 23.7 Å². The van der Waals surface area contributed by atoms with Crippen molar-refractivity contribution in [3.63, 3.8) is 0 Å². The van der Waals surface area contributed by atoms with E-state index >= 15 is 0 Å². The number of nitrogens with one attached hydrogen (secondary N) is 2. The van der Waals surface area contributed by atoms with Gasteiger partial charge in [-0.05, 0) is 71.6 Å². The van der Waals surface area contributed by atoms with Gasteiger partial charge in [-0.15, -0.1) is 0 Å². The molecule has 13 nitrogen and oxygen atoms in total. The highest BCUT2D eigenvalue weighted by atomic mass is 16.6. The normalized spacial score (nSPS) is 20.7. The Bertz CT molecular complexity index is 1290. The van der Waals surface area contributed by atoms with Crippen molar-refractivity contribution in [2.75, 3.05) is 19.7 Å². The fourth-order valence-electron chi connectivity index (χ4n) is 8.53. The van der Waals surface area contributed by atoms with Gasteiger partial charge in [-0.1, -0.05) is 162 Å². The third-order valence-electron chi connectivity index (χ3n) is 12.1. The van der Waals surface area contributed by atoms with Crippen LogP contribution in [0.2, 0.25) is 0 Å². The molecule has 1 fully saturated rings. The van der Waals surface area contributed by atoms with Gasteiger partial charge in [0.15, 0.2) is 5.78 Å². The average molecular weight is 909 g/mol. The Morgan fingerprint density at radius 1 is 0.734 bits per heavy atom. The number of hydrogen-bond acceptors (Lipinski definition) is 10. The number of Topliss-reactive ketones (excluding diaryl/α,β-unsaturated/α-hetero) is 1. The summed E-state index contributed by atoms with van der Waals surface area (Å²) in [5.74, 6) is -5.78. The lowest BCUT2D eigenvalue weighted by Crippen LogP contribution is -2.76. The number of hydrogen-bond donors (Lipinski definition) is 6. The molecule has 64 heavy (non-hydrogen) atoms. The predicted octanol–water partition coefficient (Wildman–Crippen LogP) is 9.52. The summed E-state index contributed by atoms with van der Waals surface area (Å²) in [6.45, 7) is 12.2. The van der Waals surface area contributed by atoms with Crippen molar-refractivity contribution in [1.29, 1.82) is 0 Å². The molecule has 0 bridgehead atoms. The molecule has 1 aliphatic rings. The van der Waals surface area contributed by atoms with Gasteiger partial charge in [-0.2, -0.15) is 0 Å². The minimum Gasteiger partial charge on any atom is -0.444 e. The Morgan fingerprint density at radius 2 is 1.20 bits per heavy atom. The van der Waals surface area contributed by atoms with Crippen LogP contribution >= 0.6 is 0 Å². The van der Waals surface area contributed by atoms with E-state index in [0.29, 0.717) is 12.8 Å². The van der Waals surface area contributed by atoms with Crippen molar-refractivity contribution in [3.05, 3.63) is 12.2 Å². The number of allylic oxidation sites excluding steroid dienone is 2. The quantitative estimate of drug-likeness (QED) is 0.0198. The minimum atomic E-state index is -2.24. The van der Waals surface area contributed by atoms with Crippen molar-refractivity contribution in [2.24, 2.45) is 17.6 Å². The fourth-order valence-corrected chi connectivity index (χ4v) is 8.53. The molecule has 0 aliphatic carbocycles. The molecule has 7 N–H and O–H groups in total. The second kappa shape index (κ2) is 34.7. The van der Waals surface area contributed by atoms with Crippen LogP contribution in [0.5, 0.6) is 0 Å². The van der Waals surface area contributed by atoms with Crippen molar-refractivity contribution < 1.29 is 44.0 Å². The van der Waals surface area contributed by atoms with Gasteiger partial charge in [0, 0.05) is 13.0 Å². The Hall–Kier alpha value is -2.58. The number of aliphatic hydroxyl groups excluding tert-OH is 3. The van der Waals surface area contributed by atoms with Crippen LogP contribution in [0.25, 0.3) is 0 Å². The summed E-state index contributed by atoms with van der Waals surface area (Å²) in [5, 5.41) is 38.2. The minimum absolute atomic E-state index is 0.114. The summed E-state index contributed by atoms with van der Waals surface area (Å²) >= 11 is 0. The zero-order valence-electron chi connectivity index (χ0n) is 41.6. The molecule has 0 saturated carbocycles. The molecule has 0 radical (unpaired) electrons. The van der Waals surface area contributed by atoms with E-state index in [9.17, 15) is 34.5 Å². The van der Waals surface area contributed by atoms with E-state index in [1.54, 1.807) is 20.8 Å². The van der Waals surface area contributed by atoms with E-state index in [2.05, 4.69) is 36.6 Å². The van der Waals surface area contributed by atoms with Crippen LogP contribution in [0.15, 0.2) is 12.2 Å². The molecule has 1 aliphatic heterocycles. The molecule has 0 aromatic carbocycles. The SMILES string of the molecule is CCCCCCCC/C=C\CCCCCCCC(=O)N(CCCCCCCCCCCCCC)[C@]1(N)O[C@H](CO)[C@@H](O)[C@H](O)[C@H]1C(=O)[C@H](CC(C)C)NC(=O)CNC(=O)OC(C)(C)C. The van der Waals surface area contributed by atoms with Gasteiger partial charge in [-0.3, -0.25) is 20.1 Å². The number of aliphatic hydroxyl groups is 3. The van der Waals surface area contributed by atoms with E-state index in [-0.39, 0.29) is 31.2 Å². The summed E-state index contributed by atoms with van der Waals surface area (Å²) in [7, 11) is 0. The number of ketones is 1. The number of carbonyl (C=O) groups is 4. The van der Waals surface area contributed by atoms with E-state index in [0.717, 1.165) is 64.2 Å². The van der Waals surface area contributed by atoms with E-state index in [1.807, 2.05) is 13.8 Å². The van der Waals surface area contributed by atoms with Crippen molar-refractivity contribution in [3.8, 4) is 0 Å². The zero-order valence-corrected chi connectivity index (χ0v) is 41.6. The number of amides is 3. The maximum absolute atomic E-state index is 14.7. The first kappa shape index (κ1) is 59.4. The van der Waals surface area contributed by atoms with Gasteiger partial charge in [0.05, 0.1) is 18.8 Å². The predicted molar refractivity (Wildman–Crippen MR) is 257 cm³/mol. The third-order valence-corrected chi connectivity index (χ3v) is 12.1. The van der Waals surface area contributed by atoms with Gasteiger partial charge < -0.3 is 40.3 Å². The molecule has 1 saturated heterocycles. The molecule has 3 amide bonds. The summed E-state index contributed by atoms with van der Waals surface area (Å²) in [6.07, 6.45) is 27.1. The molecular formula is C51H96N4O9. The molecule has 1 heterocycles. The number of unbranched alkanes of at least 4 members (excludes halogenated alkanes) is 22. The van der Waals surface area contributed by atoms with E-state index in [1.165, 1.54) is 88.4 Å². The number of carbonyl (C=O) groups excluding carboxylic acids is 4. The Labute approximate surface area is 389 Å². The second-order valence-electron chi connectivity index (χ2n) is 19.8. The largest absolute Gasteiger partial charge is 0.444 e. The van der Waals surface area contributed by atoms with Crippen LogP contribution in [-0.2, 0) is 23.9 Å². The van der Waals surface area contributed by atoms with Gasteiger partial charge in [0.25, 0.3) is 0 Å². The first-order valence-electron chi connectivity index (χ1n) is 25.7. The summed E-state index contributed by atoms with van der Waals surface area (Å²) in [6, 6.07) is -1.22. The number of alkyl carbamates (subject to hydrolysis) is 1. The van der Waals surface area contributed by atoms with Gasteiger partial charge in [-0.25, -0.2) is 4.79 Å². The lowest BCUT2D eigenvalue weighted by molar-refractivity contribution is -0.292. The van der Waals surface area contributed by atoms with Crippen LogP contribution in [-0.4, -0.2) is 99.4 Å². The maximum atomic E-state index is 14.7. The van der Waals surface area contributed by atoms with Gasteiger partial charge >= 0.3 is 6.09 Å². The van der Waals surface area contributed by atoms with Crippen LogP contribution in [0.1, 0.15) is 222 Å². The summed E-state index contributed by atoms with van der Waals surface area (Å²) in [5.41, 5.74) is 6.32. The third kappa shape index (κ3) is 25.4. The zero-order chi connectivity index (χ0) is 47.8. The standard InChI is InChI=1S/C51H96N4O9/c1-8-10-12-14-16-18-20-22-23-24-25-27-29-31-33-35-44(58)55(36-34-32-30-28-26-21-19-17-15-13-11-9-2)51(52)45(48(61)47(60)42(39-56)63-51)46(59)41(37-40(3)4)54-43(57)38-53-49(62)64-50(5,6)7/h22-23,40-42,45,47-48,56,60-61H,8-21,24-39,52H2,1-7H3,(H,53,62)(H,54,57)/b23-22-/t41-,42+,45+,47+,48+,51-/m0/s1. The summed E-state index contributed by atoms with van der Waals surface area (Å²) in [4.78, 5) is 55.9. The molecule has 0 aromatic heterocycles. The molecular weight excluding hydrogens is 813 g/mol. The van der Waals surface area contributed by atoms with Gasteiger partial charge in [0.2, 0.25) is 17.7 Å². The first-order chi connectivity index (χ1) is 30.5. The number of nitrogens with two attached hydrogens (primary N) is 1. The lowest BCUT2D eigenvalue weighted by Gasteiger charge is -2.53. The Kier molecular flexibility index (Phi) is 32.2. The fraction of sp³-hybridized carbons (Fsp3) is 0.882. The Balaban J connectivity index is 3.15. The number of ether oxygens (including phenoxy) is 2. The monoisotopic (exact) mass is 909 g/mol. The van der Waals surface area contributed by atoms with Crippen molar-refractivity contribution in [1.82, 2.24) is 15.5 Å². The van der Waals surface area contributed by atoms with E-state index in [4.69, 9.17) is 15.2 Å².